The second-order valence-electron chi connectivity index (χ2n) is 5.22. The zero-order valence-electron chi connectivity index (χ0n) is 11.7. The summed E-state index contributed by atoms with van der Waals surface area (Å²) in [6.45, 7) is 3.57. The Hall–Kier alpha value is -1.15. The normalized spacial score (nSPS) is 17.2. The molecule has 0 unspecified atom stereocenters. The molecule has 7 heteroatoms. The molecule has 0 radical (unpaired) electrons. The lowest BCUT2D eigenvalue weighted by molar-refractivity contribution is 0.0667. The molecule has 0 bridgehead atoms. The molecular weight excluding hydrogens is 352 g/mol. The number of carbonyl (C=O) groups excluding carboxylic acids is 1. The van der Waals surface area contributed by atoms with Gasteiger partial charge in [-0.05, 0) is 25.2 Å². The Bertz CT molecular complexity index is 679. The van der Waals surface area contributed by atoms with Crippen molar-refractivity contribution in [1.82, 2.24) is 15.3 Å². The molecule has 0 saturated carbocycles. The van der Waals surface area contributed by atoms with Gasteiger partial charge in [-0.25, -0.2) is 5.01 Å². The van der Waals surface area contributed by atoms with Crippen LogP contribution >= 0.6 is 27.3 Å². The van der Waals surface area contributed by atoms with Gasteiger partial charge in [0.1, 0.15) is 4.88 Å². The Labute approximate surface area is 135 Å². The number of benzene rings is 1. The second-order valence-corrected chi connectivity index (χ2v) is 7.18. The van der Waals surface area contributed by atoms with E-state index in [1.54, 1.807) is 0 Å². The quantitative estimate of drug-likeness (QED) is 0.852. The van der Waals surface area contributed by atoms with E-state index in [9.17, 15) is 4.79 Å². The second kappa shape index (κ2) is 5.92. The van der Waals surface area contributed by atoms with Crippen molar-refractivity contribution >= 4 is 48.9 Å². The number of likely N-dealkylation sites (N-methyl/N-ethyl adjacent to an activating group) is 1. The summed E-state index contributed by atoms with van der Waals surface area (Å²) < 4.78 is 1.99. The van der Waals surface area contributed by atoms with E-state index in [0.717, 1.165) is 40.7 Å². The van der Waals surface area contributed by atoms with Crippen LogP contribution < -0.4 is 11.2 Å². The van der Waals surface area contributed by atoms with Crippen LogP contribution in [0.5, 0.6) is 0 Å². The fourth-order valence-electron chi connectivity index (χ4n) is 2.37. The number of halogens is 1. The number of nitrogens with two attached hydrogens (primary N) is 1. The van der Waals surface area contributed by atoms with E-state index in [-0.39, 0.29) is 5.91 Å². The Balaban J connectivity index is 1.80. The van der Waals surface area contributed by atoms with Crippen LogP contribution in [0.25, 0.3) is 10.1 Å². The Kier molecular flexibility index (Phi) is 4.17. The number of piperazine rings is 1. The van der Waals surface area contributed by atoms with Crippen LogP contribution in [-0.4, -0.2) is 49.0 Å². The predicted molar refractivity (Wildman–Crippen MR) is 90.5 cm³/mol. The average molecular weight is 369 g/mol. The maximum atomic E-state index is 12.4. The smallest absolute Gasteiger partial charge is 0.277 e. The van der Waals surface area contributed by atoms with Gasteiger partial charge in [-0.2, -0.15) is 0 Å². The molecule has 1 saturated heterocycles. The van der Waals surface area contributed by atoms with Crippen LogP contribution in [0.2, 0.25) is 0 Å². The van der Waals surface area contributed by atoms with Crippen molar-refractivity contribution in [3.8, 4) is 0 Å². The topological polar surface area (TPSA) is 61.6 Å². The molecule has 3 rings (SSSR count). The summed E-state index contributed by atoms with van der Waals surface area (Å²) >= 11 is 4.87. The molecule has 1 aromatic heterocycles. The minimum absolute atomic E-state index is 0.116. The summed E-state index contributed by atoms with van der Waals surface area (Å²) in [6, 6.07) is 5.89. The third-order valence-electron chi connectivity index (χ3n) is 3.66. The first-order valence-electron chi connectivity index (χ1n) is 6.76. The summed E-state index contributed by atoms with van der Waals surface area (Å²) in [7, 11) is 2.08. The molecule has 1 fully saturated rings. The standard InChI is InChI=1S/C14H17BrN4OS/c1-18-4-6-19(7-5-18)17-14(20)13-12(16)10-8-9(15)2-3-11(10)21-13/h2-3,8H,4-7,16H2,1H3,(H,17,20). The predicted octanol–water partition coefficient (Wildman–Crippen LogP) is 2.14. The van der Waals surface area contributed by atoms with Crippen molar-refractivity contribution in [2.75, 3.05) is 39.0 Å². The zero-order chi connectivity index (χ0) is 15.0. The number of nitrogen functional groups attached to an aromatic ring is 1. The zero-order valence-corrected chi connectivity index (χ0v) is 14.1. The first kappa shape index (κ1) is 14.8. The van der Waals surface area contributed by atoms with E-state index in [2.05, 4.69) is 33.3 Å². The molecule has 112 valence electrons. The molecular formula is C14H17BrN4OS. The van der Waals surface area contributed by atoms with Crippen molar-refractivity contribution in [3.63, 3.8) is 0 Å². The Morgan fingerprint density at radius 2 is 2.05 bits per heavy atom. The minimum Gasteiger partial charge on any atom is -0.397 e. The number of thiophene rings is 1. The molecule has 3 N–H and O–H groups in total. The van der Waals surface area contributed by atoms with E-state index in [0.29, 0.717) is 10.6 Å². The lowest BCUT2D eigenvalue weighted by Crippen LogP contribution is -2.52. The van der Waals surface area contributed by atoms with E-state index >= 15 is 0 Å². The monoisotopic (exact) mass is 368 g/mol. The van der Waals surface area contributed by atoms with Crippen LogP contribution in [0.3, 0.4) is 0 Å². The molecule has 1 aliphatic heterocycles. The van der Waals surface area contributed by atoms with Crippen molar-refractivity contribution in [3.05, 3.63) is 27.5 Å². The highest BCUT2D eigenvalue weighted by Gasteiger charge is 2.20. The van der Waals surface area contributed by atoms with Gasteiger partial charge in [-0.15, -0.1) is 11.3 Å². The van der Waals surface area contributed by atoms with Crippen LogP contribution in [0.1, 0.15) is 9.67 Å². The molecule has 0 spiro atoms. The highest BCUT2D eigenvalue weighted by molar-refractivity contribution is 9.10. The van der Waals surface area contributed by atoms with Gasteiger partial charge in [0.15, 0.2) is 0 Å². The number of rotatable bonds is 2. The van der Waals surface area contributed by atoms with E-state index in [4.69, 9.17) is 5.73 Å². The van der Waals surface area contributed by atoms with Gasteiger partial charge in [-0.3, -0.25) is 10.2 Å². The van der Waals surface area contributed by atoms with Gasteiger partial charge in [0.2, 0.25) is 0 Å². The SMILES string of the molecule is CN1CCN(NC(=O)c2sc3ccc(Br)cc3c2N)CC1. The van der Waals surface area contributed by atoms with Crippen LogP contribution in [-0.2, 0) is 0 Å². The van der Waals surface area contributed by atoms with Gasteiger partial charge in [-0.1, -0.05) is 15.9 Å². The third-order valence-corrected chi connectivity index (χ3v) is 5.34. The number of nitrogens with zero attached hydrogens (tertiary/aromatic N) is 2. The molecule has 0 atom stereocenters. The highest BCUT2D eigenvalue weighted by atomic mass is 79.9. The molecule has 0 aliphatic carbocycles. The summed E-state index contributed by atoms with van der Waals surface area (Å²) in [5, 5.41) is 2.89. The highest BCUT2D eigenvalue weighted by Crippen LogP contribution is 2.35. The molecule has 21 heavy (non-hydrogen) atoms. The molecule has 1 aromatic carbocycles. The third kappa shape index (κ3) is 3.06. The van der Waals surface area contributed by atoms with Gasteiger partial charge < -0.3 is 10.6 Å². The van der Waals surface area contributed by atoms with Crippen molar-refractivity contribution in [1.29, 1.82) is 0 Å². The van der Waals surface area contributed by atoms with Gasteiger partial charge in [0, 0.05) is 40.7 Å². The average Bonchev–Trinajstić information content (AvgIpc) is 2.79. The molecule has 2 aromatic rings. The van der Waals surface area contributed by atoms with Gasteiger partial charge in [0.25, 0.3) is 5.91 Å². The number of carbonyl (C=O) groups is 1. The number of amides is 1. The first-order valence-corrected chi connectivity index (χ1v) is 8.37. The lowest BCUT2D eigenvalue weighted by Gasteiger charge is -2.32. The minimum atomic E-state index is -0.116. The summed E-state index contributed by atoms with van der Waals surface area (Å²) in [5.74, 6) is -0.116. The number of hydrazine groups is 1. The summed E-state index contributed by atoms with van der Waals surface area (Å²) in [5.41, 5.74) is 9.65. The Morgan fingerprint density at radius 1 is 1.33 bits per heavy atom. The largest absolute Gasteiger partial charge is 0.397 e. The van der Waals surface area contributed by atoms with Gasteiger partial charge in [0.05, 0.1) is 5.69 Å². The lowest BCUT2D eigenvalue weighted by atomic mass is 10.2. The summed E-state index contributed by atoms with van der Waals surface area (Å²) in [6.07, 6.45) is 0. The van der Waals surface area contributed by atoms with E-state index in [1.807, 2.05) is 23.2 Å². The fourth-order valence-corrected chi connectivity index (χ4v) is 3.72. The van der Waals surface area contributed by atoms with Crippen LogP contribution in [0.15, 0.2) is 22.7 Å². The number of fused-ring (bicyclic) bond motifs is 1. The van der Waals surface area contributed by atoms with Gasteiger partial charge >= 0.3 is 0 Å². The van der Waals surface area contributed by atoms with Crippen molar-refractivity contribution in [2.24, 2.45) is 0 Å². The maximum Gasteiger partial charge on any atom is 0.277 e. The van der Waals surface area contributed by atoms with Crippen molar-refractivity contribution in [2.45, 2.75) is 0 Å². The number of hydrogen-bond donors (Lipinski definition) is 2. The van der Waals surface area contributed by atoms with Crippen LogP contribution in [0.4, 0.5) is 5.69 Å². The molecule has 5 nitrogen and oxygen atoms in total. The van der Waals surface area contributed by atoms with E-state index in [1.165, 1.54) is 11.3 Å². The van der Waals surface area contributed by atoms with E-state index < -0.39 is 0 Å². The maximum absolute atomic E-state index is 12.4. The number of hydrogen-bond acceptors (Lipinski definition) is 5. The fraction of sp³-hybridized carbons (Fsp3) is 0.357. The molecule has 1 amide bonds. The number of nitrogens with one attached hydrogen (secondary N) is 1. The molecule has 1 aliphatic rings. The first-order chi connectivity index (χ1) is 10.0. The number of anilines is 1. The molecule has 2 heterocycles. The Morgan fingerprint density at radius 3 is 2.76 bits per heavy atom. The van der Waals surface area contributed by atoms with Crippen LogP contribution in [0, 0.1) is 0 Å². The summed E-state index contributed by atoms with van der Waals surface area (Å²) in [4.78, 5) is 15.3. The van der Waals surface area contributed by atoms with Crippen molar-refractivity contribution < 1.29 is 4.79 Å².